The van der Waals surface area contributed by atoms with Crippen LogP contribution in [0.2, 0.25) is 0 Å². The van der Waals surface area contributed by atoms with E-state index in [1.165, 1.54) is 6.92 Å². The van der Waals surface area contributed by atoms with Gasteiger partial charge < -0.3 is 0 Å². The smallest absolute Gasteiger partial charge is 0.219 e. The molecular weight excluding hydrogens is 212 g/mol. The van der Waals surface area contributed by atoms with Crippen molar-refractivity contribution in [1.29, 1.82) is 0 Å². The molecule has 0 aromatic heterocycles. The first-order valence-electron chi connectivity index (χ1n) is 4.73. The van der Waals surface area contributed by atoms with E-state index in [0.717, 1.165) is 0 Å². The molecule has 1 aromatic carbocycles. The highest BCUT2D eigenvalue weighted by Crippen LogP contribution is 2.24. The summed E-state index contributed by atoms with van der Waals surface area (Å²) in [4.78, 5) is 20.1. The van der Waals surface area contributed by atoms with Gasteiger partial charge in [-0.15, -0.1) is 0 Å². The van der Waals surface area contributed by atoms with Gasteiger partial charge in [0.1, 0.15) is 5.41 Å². The van der Waals surface area contributed by atoms with Crippen molar-refractivity contribution in [3.05, 3.63) is 56.1 Å². The summed E-state index contributed by atoms with van der Waals surface area (Å²) in [7, 11) is 0. The third kappa shape index (κ3) is 3.01. The lowest BCUT2D eigenvalue weighted by molar-refractivity contribution is -0.527. The number of nitro groups is 2. The topological polar surface area (TPSA) is 86.3 Å². The van der Waals surface area contributed by atoms with E-state index < -0.39 is 28.4 Å². The summed E-state index contributed by atoms with van der Waals surface area (Å²) in [5, 5.41) is 21.1. The Hall–Kier alpha value is -1.98. The van der Waals surface area contributed by atoms with Gasteiger partial charge in [0.05, 0.1) is 0 Å². The maximum Gasteiger partial charge on any atom is 0.219 e. The molecule has 0 atom stereocenters. The largest absolute Gasteiger partial charge is 0.265 e. The molecule has 6 heteroatoms. The van der Waals surface area contributed by atoms with Crippen molar-refractivity contribution in [2.45, 2.75) is 12.3 Å². The summed E-state index contributed by atoms with van der Waals surface area (Å²) >= 11 is 0. The second kappa shape index (κ2) is 4.69. The van der Waals surface area contributed by atoms with E-state index in [1.54, 1.807) is 30.3 Å². The van der Waals surface area contributed by atoms with Crippen LogP contribution in [0.15, 0.2) is 30.3 Å². The molecule has 0 saturated heterocycles. The van der Waals surface area contributed by atoms with Gasteiger partial charge in [-0.2, -0.15) is 0 Å². The third-order valence-corrected chi connectivity index (χ3v) is 2.43. The first-order valence-corrected chi connectivity index (χ1v) is 4.73. The summed E-state index contributed by atoms with van der Waals surface area (Å²) in [5.41, 5.74) is -0.447. The molecule has 1 aromatic rings. The molecule has 1 rings (SSSR count). The van der Waals surface area contributed by atoms with Gasteiger partial charge in [-0.25, -0.2) is 0 Å². The number of rotatable bonds is 5. The molecule has 0 radical (unpaired) electrons. The molecule has 0 aliphatic heterocycles. The van der Waals surface area contributed by atoms with E-state index in [0.29, 0.717) is 5.56 Å². The summed E-state index contributed by atoms with van der Waals surface area (Å²) in [6.07, 6.45) is 0. The van der Waals surface area contributed by atoms with E-state index in [9.17, 15) is 20.2 Å². The second-order valence-electron chi connectivity index (χ2n) is 3.91. The lowest BCUT2D eigenvalue weighted by atomic mass is 9.82. The second-order valence-corrected chi connectivity index (χ2v) is 3.91. The van der Waals surface area contributed by atoms with Gasteiger partial charge in [0.15, 0.2) is 0 Å². The van der Waals surface area contributed by atoms with Crippen LogP contribution in [0.3, 0.4) is 0 Å². The van der Waals surface area contributed by atoms with Crippen molar-refractivity contribution < 1.29 is 9.85 Å². The average Bonchev–Trinajstić information content (AvgIpc) is 2.16. The highest BCUT2D eigenvalue weighted by molar-refractivity contribution is 5.24. The molecule has 0 fully saturated rings. The van der Waals surface area contributed by atoms with Crippen LogP contribution >= 0.6 is 0 Å². The molecule has 0 aliphatic rings. The summed E-state index contributed by atoms with van der Waals surface area (Å²) in [6, 6.07) is 8.54. The maximum atomic E-state index is 10.6. The van der Waals surface area contributed by atoms with Crippen molar-refractivity contribution >= 4 is 0 Å². The van der Waals surface area contributed by atoms with Gasteiger partial charge in [-0.1, -0.05) is 30.3 Å². The van der Waals surface area contributed by atoms with Crippen LogP contribution < -0.4 is 0 Å². The number of hydrogen-bond donors (Lipinski definition) is 0. The quantitative estimate of drug-likeness (QED) is 0.560. The van der Waals surface area contributed by atoms with Crippen molar-refractivity contribution in [2.24, 2.45) is 0 Å². The fourth-order valence-corrected chi connectivity index (χ4v) is 1.64. The normalized spacial score (nSPS) is 11.1. The molecule has 0 amide bonds. The van der Waals surface area contributed by atoms with Gasteiger partial charge in [-0.05, 0) is 12.5 Å². The lowest BCUT2D eigenvalue weighted by Crippen LogP contribution is -2.38. The van der Waals surface area contributed by atoms with Crippen LogP contribution in [-0.2, 0) is 5.41 Å². The zero-order chi connectivity index (χ0) is 12.2. The lowest BCUT2D eigenvalue weighted by Gasteiger charge is -2.21. The summed E-state index contributed by atoms with van der Waals surface area (Å²) < 4.78 is 0. The first-order chi connectivity index (χ1) is 7.44. The molecule has 0 saturated carbocycles. The van der Waals surface area contributed by atoms with Crippen molar-refractivity contribution in [3.8, 4) is 0 Å². The van der Waals surface area contributed by atoms with Crippen LogP contribution in [-0.4, -0.2) is 22.9 Å². The molecule has 0 unspecified atom stereocenters. The molecule has 0 spiro atoms. The van der Waals surface area contributed by atoms with Gasteiger partial charge >= 0.3 is 0 Å². The molecule has 0 N–H and O–H groups in total. The zero-order valence-electron chi connectivity index (χ0n) is 8.83. The summed E-state index contributed by atoms with van der Waals surface area (Å²) in [5.74, 6) is 0. The Kier molecular flexibility index (Phi) is 3.55. The molecule has 0 heterocycles. The maximum absolute atomic E-state index is 10.6. The molecule has 0 aliphatic carbocycles. The van der Waals surface area contributed by atoms with Gasteiger partial charge in [-0.3, -0.25) is 20.2 Å². The van der Waals surface area contributed by atoms with E-state index in [-0.39, 0.29) is 0 Å². The first kappa shape index (κ1) is 12.1. The zero-order valence-corrected chi connectivity index (χ0v) is 8.83. The van der Waals surface area contributed by atoms with E-state index in [2.05, 4.69) is 0 Å². The van der Waals surface area contributed by atoms with Crippen LogP contribution in [0.5, 0.6) is 0 Å². The van der Waals surface area contributed by atoms with Crippen molar-refractivity contribution in [1.82, 2.24) is 0 Å². The Morgan fingerprint density at radius 1 is 1.06 bits per heavy atom. The Morgan fingerprint density at radius 3 is 1.88 bits per heavy atom. The van der Waals surface area contributed by atoms with Gasteiger partial charge in [0.2, 0.25) is 13.1 Å². The Morgan fingerprint density at radius 2 is 1.50 bits per heavy atom. The predicted octanol–water partition coefficient (Wildman–Crippen LogP) is 1.50. The van der Waals surface area contributed by atoms with Crippen molar-refractivity contribution in [2.75, 3.05) is 13.1 Å². The molecule has 16 heavy (non-hydrogen) atoms. The molecule has 0 bridgehead atoms. The fourth-order valence-electron chi connectivity index (χ4n) is 1.64. The molecule has 86 valence electrons. The standard InChI is InChI=1S/C10H12N2O4/c1-10(7-11(13)14,8-12(15)16)9-5-3-2-4-6-9/h2-6H,7-8H2,1H3. The monoisotopic (exact) mass is 224 g/mol. The van der Waals surface area contributed by atoms with Gasteiger partial charge in [0.25, 0.3) is 0 Å². The minimum Gasteiger partial charge on any atom is -0.265 e. The average molecular weight is 224 g/mol. The Bertz CT molecular complexity index is 375. The van der Waals surface area contributed by atoms with Crippen LogP contribution in [0, 0.1) is 20.2 Å². The Labute approximate surface area is 92.2 Å². The summed E-state index contributed by atoms with van der Waals surface area (Å²) in [6.45, 7) is 0.643. The number of benzene rings is 1. The van der Waals surface area contributed by atoms with Crippen LogP contribution in [0.1, 0.15) is 12.5 Å². The van der Waals surface area contributed by atoms with E-state index >= 15 is 0 Å². The highest BCUT2D eigenvalue weighted by Gasteiger charge is 2.37. The molecular formula is C10H12N2O4. The predicted molar refractivity (Wildman–Crippen MR) is 57.5 cm³/mol. The van der Waals surface area contributed by atoms with Crippen molar-refractivity contribution in [3.63, 3.8) is 0 Å². The minimum absolute atomic E-state index is 0.446. The highest BCUT2D eigenvalue weighted by atomic mass is 16.6. The van der Waals surface area contributed by atoms with Crippen LogP contribution in [0.25, 0.3) is 0 Å². The van der Waals surface area contributed by atoms with Crippen LogP contribution in [0.4, 0.5) is 0 Å². The van der Waals surface area contributed by atoms with Gasteiger partial charge in [0, 0.05) is 9.85 Å². The molecule has 6 nitrogen and oxygen atoms in total. The van der Waals surface area contributed by atoms with E-state index in [4.69, 9.17) is 0 Å². The Balaban J connectivity index is 3.04. The minimum atomic E-state index is -1.06. The number of hydrogen-bond acceptors (Lipinski definition) is 4. The third-order valence-electron chi connectivity index (χ3n) is 2.43. The fraction of sp³-hybridized carbons (Fsp3) is 0.400. The SMILES string of the molecule is CC(C[N+](=O)[O-])(C[N+](=O)[O-])c1ccccc1. The van der Waals surface area contributed by atoms with E-state index in [1.807, 2.05) is 0 Å². The number of nitrogens with zero attached hydrogens (tertiary/aromatic N) is 2.